The van der Waals surface area contributed by atoms with E-state index in [-0.39, 0.29) is 11.7 Å². The van der Waals surface area contributed by atoms with Gasteiger partial charge in [0, 0.05) is 11.8 Å². The molecule has 0 saturated carbocycles. The first-order valence-corrected chi connectivity index (χ1v) is 4.94. The lowest BCUT2D eigenvalue weighted by Crippen LogP contribution is -2.45. The number of hydrogen-bond donors (Lipinski definition) is 4. The Morgan fingerprint density at radius 1 is 1.47 bits per heavy atom. The van der Waals surface area contributed by atoms with Crippen LogP contribution in [0.2, 0.25) is 0 Å². The van der Waals surface area contributed by atoms with E-state index in [1.807, 2.05) is 0 Å². The molecule has 0 aromatic heterocycles. The van der Waals surface area contributed by atoms with Crippen molar-refractivity contribution < 1.29 is 19.8 Å². The van der Waals surface area contributed by atoms with Crippen molar-refractivity contribution in [2.75, 3.05) is 6.61 Å². The second-order valence-corrected chi connectivity index (χ2v) is 4.21. The van der Waals surface area contributed by atoms with Crippen molar-refractivity contribution in [1.82, 2.24) is 0 Å². The van der Waals surface area contributed by atoms with Gasteiger partial charge in [-0.05, 0) is 0 Å². The molecule has 1 unspecified atom stereocenters. The van der Waals surface area contributed by atoms with Gasteiger partial charge in [-0.25, -0.2) is 0 Å². The van der Waals surface area contributed by atoms with Gasteiger partial charge in [-0.1, -0.05) is 20.8 Å². The first kappa shape index (κ1) is 16.8. The summed E-state index contributed by atoms with van der Waals surface area (Å²) in [7, 11) is 0. The molecule has 0 bridgehead atoms. The second-order valence-electron chi connectivity index (χ2n) is 3.71. The Morgan fingerprint density at radius 2 is 1.80 bits per heavy atom. The SMILES string of the molecule is CC(C)(CO)C(N)C(=O)O.CCC(=O)S. The Morgan fingerprint density at radius 3 is 1.87 bits per heavy atom. The lowest BCUT2D eigenvalue weighted by Gasteiger charge is -2.25. The van der Waals surface area contributed by atoms with Gasteiger partial charge in [0.25, 0.3) is 0 Å². The highest BCUT2D eigenvalue weighted by molar-refractivity contribution is 7.96. The molecule has 0 fully saturated rings. The third kappa shape index (κ3) is 8.41. The number of aliphatic hydroxyl groups excluding tert-OH is 1. The maximum absolute atomic E-state index is 10.3. The largest absolute Gasteiger partial charge is 0.480 e. The van der Waals surface area contributed by atoms with Crippen LogP contribution in [0.1, 0.15) is 27.2 Å². The first-order chi connectivity index (χ1) is 6.68. The van der Waals surface area contributed by atoms with E-state index in [2.05, 4.69) is 12.6 Å². The average Bonchev–Trinajstić information content (AvgIpc) is 2.17. The predicted octanol–water partition coefficient (Wildman–Crippen LogP) is 0.270. The van der Waals surface area contributed by atoms with Crippen LogP contribution in [0, 0.1) is 5.41 Å². The third-order valence-electron chi connectivity index (χ3n) is 1.82. The molecule has 0 heterocycles. The zero-order valence-electron chi connectivity index (χ0n) is 9.23. The van der Waals surface area contributed by atoms with Gasteiger partial charge in [0.1, 0.15) is 6.04 Å². The van der Waals surface area contributed by atoms with Gasteiger partial charge < -0.3 is 15.9 Å². The summed E-state index contributed by atoms with van der Waals surface area (Å²) in [5.41, 5.74) is 4.50. The van der Waals surface area contributed by atoms with Crippen molar-refractivity contribution in [3.05, 3.63) is 0 Å². The second kappa shape index (κ2) is 7.67. The van der Waals surface area contributed by atoms with Crippen LogP contribution in [0.25, 0.3) is 0 Å². The van der Waals surface area contributed by atoms with E-state index in [1.54, 1.807) is 20.8 Å². The molecule has 0 aliphatic heterocycles. The molecule has 0 radical (unpaired) electrons. The monoisotopic (exact) mass is 237 g/mol. The van der Waals surface area contributed by atoms with Gasteiger partial charge in [0.05, 0.1) is 6.61 Å². The lowest BCUT2D eigenvalue weighted by atomic mass is 9.86. The number of carboxylic acids is 1. The highest BCUT2D eigenvalue weighted by Gasteiger charge is 2.30. The minimum Gasteiger partial charge on any atom is -0.480 e. The van der Waals surface area contributed by atoms with Crippen LogP contribution in [-0.4, -0.2) is 33.9 Å². The fraction of sp³-hybridized carbons (Fsp3) is 0.778. The maximum Gasteiger partial charge on any atom is 0.321 e. The number of aliphatic carboxylic acids is 1. The summed E-state index contributed by atoms with van der Waals surface area (Å²) >= 11 is 3.46. The molecule has 1 atom stereocenters. The summed E-state index contributed by atoms with van der Waals surface area (Å²) in [6.45, 7) is 4.76. The highest BCUT2D eigenvalue weighted by Crippen LogP contribution is 2.17. The summed E-state index contributed by atoms with van der Waals surface area (Å²) in [6, 6.07) is -1.00. The van der Waals surface area contributed by atoms with E-state index in [0.29, 0.717) is 6.42 Å². The van der Waals surface area contributed by atoms with E-state index >= 15 is 0 Å². The molecule has 0 spiro atoms. The molecule has 0 amide bonds. The normalized spacial score (nSPS) is 12.4. The number of nitrogens with two attached hydrogens (primary N) is 1. The number of rotatable bonds is 4. The molecule has 0 aliphatic rings. The molecule has 15 heavy (non-hydrogen) atoms. The Hall–Kier alpha value is -0.590. The van der Waals surface area contributed by atoms with Crippen molar-refractivity contribution in [1.29, 1.82) is 0 Å². The minimum absolute atomic E-state index is 0.0509. The summed E-state index contributed by atoms with van der Waals surface area (Å²) in [4.78, 5) is 19.9. The molecular formula is C9H19NO4S. The van der Waals surface area contributed by atoms with Crippen molar-refractivity contribution in [2.24, 2.45) is 11.1 Å². The van der Waals surface area contributed by atoms with Gasteiger partial charge in [-0.2, -0.15) is 0 Å². The van der Waals surface area contributed by atoms with Crippen molar-refractivity contribution in [3.63, 3.8) is 0 Å². The standard InChI is InChI=1S/C6H13NO3.C3H6OS/c1-6(2,3-8)4(7)5(9)10;1-2-3(4)5/h4,8H,3,7H2,1-2H3,(H,9,10);2H2,1H3,(H,4,5). The topological polar surface area (TPSA) is 101 Å². The van der Waals surface area contributed by atoms with Crippen LogP contribution in [0.5, 0.6) is 0 Å². The van der Waals surface area contributed by atoms with Crippen LogP contribution in [-0.2, 0) is 9.59 Å². The van der Waals surface area contributed by atoms with Crippen LogP contribution in [0.4, 0.5) is 0 Å². The lowest BCUT2D eigenvalue weighted by molar-refractivity contribution is -0.142. The number of carboxylic acid groups (broad SMARTS) is 1. The fourth-order valence-corrected chi connectivity index (χ4v) is 0.433. The van der Waals surface area contributed by atoms with E-state index in [0.717, 1.165) is 0 Å². The molecule has 90 valence electrons. The number of hydrogen-bond acceptors (Lipinski definition) is 4. The molecule has 0 saturated heterocycles. The first-order valence-electron chi connectivity index (χ1n) is 4.50. The van der Waals surface area contributed by atoms with Crippen LogP contribution in [0.3, 0.4) is 0 Å². The molecule has 5 nitrogen and oxygen atoms in total. The Kier molecular flexibility index (Phi) is 8.60. The molecule has 4 N–H and O–H groups in total. The maximum atomic E-state index is 10.3. The van der Waals surface area contributed by atoms with Gasteiger partial charge >= 0.3 is 5.97 Å². The van der Waals surface area contributed by atoms with Crippen LogP contribution < -0.4 is 5.73 Å². The van der Waals surface area contributed by atoms with Gasteiger partial charge in [0.2, 0.25) is 0 Å². The predicted molar refractivity (Wildman–Crippen MR) is 60.8 cm³/mol. The molecular weight excluding hydrogens is 218 g/mol. The average molecular weight is 237 g/mol. The van der Waals surface area contributed by atoms with Gasteiger partial charge in [-0.15, -0.1) is 12.6 Å². The smallest absolute Gasteiger partial charge is 0.321 e. The Balaban J connectivity index is 0. The van der Waals surface area contributed by atoms with E-state index in [1.165, 1.54) is 0 Å². The highest BCUT2D eigenvalue weighted by atomic mass is 32.1. The third-order valence-corrected chi connectivity index (χ3v) is 2.13. The van der Waals surface area contributed by atoms with Gasteiger partial charge in [0.15, 0.2) is 5.12 Å². The molecule has 0 aromatic carbocycles. The molecule has 6 heteroatoms. The molecule has 0 aliphatic carbocycles. The zero-order chi connectivity index (χ0) is 12.6. The minimum atomic E-state index is -1.08. The van der Waals surface area contributed by atoms with E-state index in [9.17, 15) is 9.59 Å². The fourth-order valence-electron chi connectivity index (χ4n) is 0.433. The van der Waals surface area contributed by atoms with E-state index in [4.69, 9.17) is 15.9 Å². The Labute approximate surface area is 95.1 Å². The summed E-state index contributed by atoms with van der Waals surface area (Å²) < 4.78 is 0. The number of thiol groups is 1. The summed E-state index contributed by atoms with van der Waals surface area (Å²) in [6.07, 6.45) is 0.531. The number of carbonyl (C=O) groups is 2. The summed E-state index contributed by atoms with van der Waals surface area (Å²) in [5.74, 6) is -1.08. The quantitative estimate of drug-likeness (QED) is 0.526. The summed E-state index contributed by atoms with van der Waals surface area (Å²) in [5, 5.41) is 17.0. The number of aliphatic hydroxyl groups is 1. The zero-order valence-corrected chi connectivity index (χ0v) is 10.1. The van der Waals surface area contributed by atoms with Gasteiger partial charge in [-0.3, -0.25) is 9.59 Å². The Bertz CT molecular complexity index is 218. The van der Waals surface area contributed by atoms with Crippen molar-refractivity contribution in [2.45, 2.75) is 33.2 Å². The van der Waals surface area contributed by atoms with Crippen molar-refractivity contribution in [3.8, 4) is 0 Å². The molecule has 0 rings (SSSR count). The number of carbonyl (C=O) groups excluding carboxylic acids is 1. The van der Waals surface area contributed by atoms with Crippen molar-refractivity contribution >= 4 is 23.7 Å². The van der Waals surface area contributed by atoms with Crippen LogP contribution in [0.15, 0.2) is 0 Å². The molecule has 0 aromatic rings. The van der Waals surface area contributed by atoms with Crippen LogP contribution >= 0.6 is 12.6 Å². The van der Waals surface area contributed by atoms with E-state index < -0.39 is 17.4 Å².